The quantitative estimate of drug-likeness (QED) is 0.0113. The lowest BCUT2D eigenvalue weighted by Crippen LogP contribution is -2.64. The Morgan fingerprint density at radius 1 is 0.547 bits per heavy atom. The Hall–Kier alpha value is -2.75. The molecule has 64 heavy (non-hydrogen) atoms. The molecule has 2 aliphatic rings. The number of rotatable bonds is 37. The SMILES string of the molecule is CCCCC/C=C\C/C=C\C/C=C\CCCCCCC(=O)O[C@H](COC(=O)CCC/C=C\C/C=C\CC1OC1C/C=C\CCCCC)COP(=O)(O)OC1[C@H](O)[C@H](O)C(O)[C@H](O)[C@H]1O. The van der Waals surface area contributed by atoms with Crippen molar-refractivity contribution in [2.75, 3.05) is 13.2 Å². The Labute approximate surface area is 382 Å². The van der Waals surface area contributed by atoms with Gasteiger partial charge in [0.2, 0.25) is 0 Å². The molecule has 15 heteroatoms. The molecular formula is C49H81O14P. The van der Waals surface area contributed by atoms with Gasteiger partial charge in [0, 0.05) is 12.8 Å². The van der Waals surface area contributed by atoms with Crippen LogP contribution in [0.1, 0.15) is 155 Å². The predicted octanol–water partition coefficient (Wildman–Crippen LogP) is 8.49. The number of allylic oxidation sites excluding steroid dienone is 10. The first-order chi connectivity index (χ1) is 30.9. The third-order valence-corrected chi connectivity index (χ3v) is 11.9. The molecule has 0 aromatic heterocycles. The third-order valence-electron chi connectivity index (χ3n) is 10.9. The summed E-state index contributed by atoms with van der Waals surface area (Å²) in [5, 5.41) is 50.2. The Morgan fingerprint density at radius 2 is 0.984 bits per heavy atom. The van der Waals surface area contributed by atoms with Crippen molar-refractivity contribution in [2.45, 2.75) is 210 Å². The second kappa shape index (κ2) is 35.4. The standard InChI is InChI=1S/C49H81O14P/c1-3-5-7-9-11-12-13-14-15-16-17-18-19-20-23-28-32-36-43(51)61-39(38-60-64(57,58)63-49-47(55)45(53)44(52)46(54)48(49)56)37-59-42(50)35-31-27-24-21-22-26-30-34-41-40(62-41)33-29-25-10-8-6-4-2/h11-12,14-15,17-18,21,24-26,29-30,39-41,44-49,52-56H,3-10,13,16,19-20,22-23,27-28,31-38H2,1-2H3,(H,57,58)/b12-11-,15-14-,18-17-,24-21-,29-25-,30-26-/t39-,40?,41?,44?,45-,46+,47-,48-,49?/m1/s1. The summed E-state index contributed by atoms with van der Waals surface area (Å²) in [5.74, 6) is -1.20. The maximum absolute atomic E-state index is 12.8. The number of ether oxygens (including phenoxy) is 3. The van der Waals surface area contributed by atoms with Crippen molar-refractivity contribution in [3.63, 3.8) is 0 Å². The molecule has 0 amide bonds. The van der Waals surface area contributed by atoms with Crippen LogP contribution in [0, 0.1) is 0 Å². The summed E-state index contributed by atoms with van der Waals surface area (Å²) in [5.41, 5.74) is 0. The minimum atomic E-state index is -5.15. The first-order valence-corrected chi connectivity index (χ1v) is 25.4. The van der Waals surface area contributed by atoms with Crippen molar-refractivity contribution in [3.05, 3.63) is 72.9 Å². The highest BCUT2D eigenvalue weighted by Crippen LogP contribution is 2.47. The van der Waals surface area contributed by atoms with E-state index in [1.54, 1.807) is 0 Å². The maximum Gasteiger partial charge on any atom is 0.472 e. The molecule has 14 nitrogen and oxygen atoms in total. The van der Waals surface area contributed by atoms with Crippen molar-refractivity contribution in [2.24, 2.45) is 0 Å². The third kappa shape index (κ3) is 27.0. The van der Waals surface area contributed by atoms with Crippen LogP contribution >= 0.6 is 7.82 Å². The molecule has 2 fully saturated rings. The lowest BCUT2D eigenvalue weighted by atomic mass is 9.85. The highest BCUT2D eigenvalue weighted by molar-refractivity contribution is 7.47. The highest BCUT2D eigenvalue weighted by atomic mass is 31.2. The Kier molecular flexibility index (Phi) is 31.8. The largest absolute Gasteiger partial charge is 0.472 e. The Bertz CT molecular complexity index is 1460. The summed E-state index contributed by atoms with van der Waals surface area (Å²) in [7, 11) is -5.15. The molecule has 0 aromatic rings. The van der Waals surface area contributed by atoms with Crippen LogP contribution in [0.5, 0.6) is 0 Å². The van der Waals surface area contributed by atoms with Gasteiger partial charge < -0.3 is 44.6 Å². The van der Waals surface area contributed by atoms with Gasteiger partial charge in [-0.25, -0.2) is 4.57 Å². The van der Waals surface area contributed by atoms with Gasteiger partial charge >= 0.3 is 19.8 Å². The zero-order chi connectivity index (χ0) is 46.8. The predicted molar refractivity (Wildman–Crippen MR) is 248 cm³/mol. The molecule has 1 aliphatic heterocycles. The second-order valence-corrected chi connectivity index (χ2v) is 18.0. The van der Waals surface area contributed by atoms with E-state index in [9.17, 15) is 44.6 Å². The average Bonchev–Trinajstić information content (AvgIpc) is 4.03. The summed E-state index contributed by atoms with van der Waals surface area (Å²) in [6.45, 7) is 3.16. The van der Waals surface area contributed by atoms with Crippen LogP contribution in [-0.4, -0.2) is 111 Å². The maximum atomic E-state index is 12.8. The van der Waals surface area contributed by atoms with Crippen LogP contribution in [0.25, 0.3) is 0 Å². The van der Waals surface area contributed by atoms with Gasteiger partial charge in [-0.3, -0.25) is 18.6 Å². The first-order valence-electron chi connectivity index (χ1n) is 23.9. The van der Waals surface area contributed by atoms with Gasteiger partial charge in [-0.15, -0.1) is 0 Å². The molecule has 0 radical (unpaired) electrons. The number of carbonyl (C=O) groups excluding carboxylic acids is 2. The van der Waals surface area contributed by atoms with Crippen LogP contribution in [0.2, 0.25) is 0 Å². The van der Waals surface area contributed by atoms with E-state index in [2.05, 4.69) is 74.6 Å². The van der Waals surface area contributed by atoms with E-state index < -0.39 is 75.7 Å². The van der Waals surface area contributed by atoms with Gasteiger partial charge in [-0.2, -0.15) is 0 Å². The van der Waals surface area contributed by atoms with Gasteiger partial charge in [0.15, 0.2) is 6.10 Å². The van der Waals surface area contributed by atoms with Crippen LogP contribution in [-0.2, 0) is 37.4 Å². The Balaban J connectivity index is 1.74. The summed E-state index contributed by atoms with van der Waals surface area (Å²) in [6, 6.07) is 0. The van der Waals surface area contributed by atoms with E-state index in [4.69, 9.17) is 23.3 Å². The molecule has 1 saturated carbocycles. The van der Waals surface area contributed by atoms with Gasteiger partial charge in [-0.05, 0) is 89.9 Å². The zero-order valence-electron chi connectivity index (χ0n) is 38.5. The first kappa shape index (κ1) is 57.4. The molecule has 0 aromatic carbocycles. The van der Waals surface area contributed by atoms with Gasteiger partial charge in [0.1, 0.15) is 43.2 Å². The van der Waals surface area contributed by atoms with Crippen LogP contribution in [0.3, 0.4) is 0 Å². The minimum absolute atomic E-state index is 0.0528. The summed E-state index contributed by atoms with van der Waals surface area (Å²) < 4.78 is 39.2. The molecule has 1 heterocycles. The number of esters is 2. The smallest absolute Gasteiger partial charge is 0.462 e. The lowest BCUT2D eigenvalue weighted by Gasteiger charge is -2.41. The molecule has 366 valence electrons. The van der Waals surface area contributed by atoms with E-state index in [-0.39, 0.29) is 18.9 Å². The molecular weight excluding hydrogens is 843 g/mol. The van der Waals surface area contributed by atoms with Gasteiger partial charge in [-0.1, -0.05) is 125 Å². The van der Waals surface area contributed by atoms with Crippen LogP contribution in [0.15, 0.2) is 72.9 Å². The van der Waals surface area contributed by atoms with Crippen molar-refractivity contribution in [1.29, 1.82) is 0 Å². The summed E-state index contributed by atoms with van der Waals surface area (Å²) in [6.07, 6.45) is 32.7. The number of aliphatic hydroxyl groups is 5. The normalized spacial score (nSPS) is 25.4. The van der Waals surface area contributed by atoms with Crippen molar-refractivity contribution in [3.8, 4) is 0 Å². The topological polar surface area (TPSA) is 222 Å². The monoisotopic (exact) mass is 925 g/mol. The zero-order valence-corrected chi connectivity index (χ0v) is 39.4. The van der Waals surface area contributed by atoms with E-state index >= 15 is 0 Å². The minimum Gasteiger partial charge on any atom is -0.462 e. The van der Waals surface area contributed by atoms with Crippen molar-refractivity contribution < 1.29 is 67.8 Å². The number of phosphoric ester groups is 1. The molecule has 1 aliphatic carbocycles. The van der Waals surface area contributed by atoms with E-state index in [0.717, 1.165) is 70.6 Å². The van der Waals surface area contributed by atoms with E-state index in [1.807, 2.05) is 12.2 Å². The van der Waals surface area contributed by atoms with E-state index in [1.165, 1.54) is 38.5 Å². The van der Waals surface area contributed by atoms with Gasteiger partial charge in [0.25, 0.3) is 0 Å². The number of aliphatic hydroxyl groups excluding tert-OH is 5. The highest BCUT2D eigenvalue weighted by Gasteiger charge is 2.51. The molecule has 0 spiro atoms. The molecule has 2 rings (SSSR count). The number of hydrogen-bond donors (Lipinski definition) is 6. The molecule has 6 N–H and O–H groups in total. The molecule has 1 saturated heterocycles. The Morgan fingerprint density at radius 3 is 1.55 bits per heavy atom. The van der Waals surface area contributed by atoms with Crippen molar-refractivity contribution >= 4 is 19.8 Å². The number of hydrogen-bond acceptors (Lipinski definition) is 13. The fraction of sp³-hybridized carbons (Fsp3) is 0.714. The molecule has 10 atom stereocenters. The lowest BCUT2D eigenvalue weighted by molar-refractivity contribution is -0.220. The number of carbonyl (C=O) groups is 2. The second-order valence-electron chi connectivity index (χ2n) is 16.6. The fourth-order valence-electron chi connectivity index (χ4n) is 6.91. The van der Waals surface area contributed by atoms with Crippen LogP contribution < -0.4 is 0 Å². The van der Waals surface area contributed by atoms with Crippen LogP contribution in [0.4, 0.5) is 0 Å². The van der Waals surface area contributed by atoms with Crippen molar-refractivity contribution in [1.82, 2.24) is 0 Å². The number of phosphoric acid groups is 1. The molecule has 0 bridgehead atoms. The fourth-order valence-corrected chi connectivity index (χ4v) is 7.89. The van der Waals surface area contributed by atoms with Gasteiger partial charge in [0.05, 0.1) is 18.8 Å². The average molecular weight is 925 g/mol. The molecule has 5 unspecified atom stereocenters. The summed E-state index contributed by atoms with van der Waals surface area (Å²) >= 11 is 0. The number of unbranched alkanes of at least 4 members (excludes halogenated alkanes) is 11. The number of epoxide rings is 1. The van der Waals surface area contributed by atoms with E-state index in [0.29, 0.717) is 25.4 Å². The summed E-state index contributed by atoms with van der Waals surface area (Å²) in [4.78, 5) is 35.7.